The first-order valence-electron chi connectivity index (χ1n) is 11.5. The van der Waals surface area contributed by atoms with Crippen molar-refractivity contribution in [2.24, 2.45) is 0 Å². The van der Waals surface area contributed by atoms with E-state index in [1.807, 2.05) is 40.7 Å². The SMILES string of the molecule is COC(=O)C(OC(C)(C)C)c1c(C)ccc(C2CC2)c1-c1cc(F)c2c(c1C)CCCO2. The van der Waals surface area contributed by atoms with E-state index in [1.54, 1.807) is 6.07 Å². The number of fused-ring (bicyclic) bond motifs is 1. The number of ether oxygens (including phenoxy) is 3. The fourth-order valence-electron chi connectivity index (χ4n) is 4.72. The second-order valence-corrected chi connectivity index (χ2v) is 9.96. The summed E-state index contributed by atoms with van der Waals surface area (Å²) in [6, 6.07) is 5.75. The molecule has 0 bridgehead atoms. The molecule has 4 nitrogen and oxygen atoms in total. The van der Waals surface area contributed by atoms with E-state index in [0.717, 1.165) is 64.6 Å². The lowest BCUT2D eigenvalue weighted by atomic mass is 9.83. The first kappa shape index (κ1) is 22.8. The van der Waals surface area contributed by atoms with Crippen LogP contribution in [-0.2, 0) is 20.7 Å². The van der Waals surface area contributed by atoms with E-state index in [4.69, 9.17) is 14.2 Å². The minimum atomic E-state index is -0.900. The minimum absolute atomic E-state index is 0.346. The van der Waals surface area contributed by atoms with Gasteiger partial charge in [0.1, 0.15) is 0 Å². The predicted molar refractivity (Wildman–Crippen MR) is 123 cm³/mol. The number of methoxy groups -OCH3 is 1. The van der Waals surface area contributed by atoms with E-state index in [9.17, 15) is 4.79 Å². The Bertz CT molecular complexity index is 1050. The summed E-state index contributed by atoms with van der Waals surface area (Å²) < 4.78 is 32.3. The number of halogens is 1. The summed E-state index contributed by atoms with van der Waals surface area (Å²) in [5, 5.41) is 0. The van der Waals surface area contributed by atoms with Crippen LogP contribution in [0.1, 0.15) is 79.9 Å². The summed E-state index contributed by atoms with van der Waals surface area (Å²) in [7, 11) is 1.38. The Morgan fingerprint density at radius 3 is 2.56 bits per heavy atom. The zero-order valence-electron chi connectivity index (χ0n) is 19.9. The van der Waals surface area contributed by atoms with Gasteiger partial charge in [0, 0.05) is 11.1 Å². The molecule has 0 aromatic heterocycles. The molecule has 2 aromatic rings. The highest BCUT2D eigenvalue weighted by Gasteiger charge is 2.36. The monoisotopic (exact) mass is 440 g/mol. The Labute approximate surface area is 190 Å². The fourth-order valence-corrected chi connectivity index (χ4v) is 4.72. The molecular weight excluding hydrogens is 407 g/mol. The van der Waals surface area contributed by atoms with Crippen molar-refractivity contribution in [2.45, 2.75) is 77.9 Å². The third-order valence-corrected chi connectivity index (χ3v) is 6.37. The van der Waals surface area contributed by atoms with Crippen molar-refractivity contribution >= 4 is 5.97 Å². The van der Waals surface area contributed by atoms with Crippen molar-refractivity contribution in [1.82, 2.24) is 0 Å². The molecule has 0 amide bonds. The Balaban J connectivity index is 2.01. The molecule has 1 heterocycles. The second-order valence-electron chi connectivity index (χ2n) is 9.96. The highest BCUT2D eigenvalue weighted by atomic mass is 19.1. The molecule has 2 aromatic carbocycles. The molecule has 172 valence electrons. The lowest BCUT2D eigenvalue weighted by Gasteiger charge is -2.30. The summed E-state index contributed by atoms with van der Waals surface area (Å²) in [5.41, 5.74) is 5.95. The average Bonchev–Trinajstić information content (AvgIpc) is 3.59. The zero-order chi connectivity index (χ0) is 23.2. The maximum absolute atomic E-state index is 15.2. The maximum atomic E-state index is 15.2. The topological polar surface area (TPSA) is 44.8 Å². The summed E-state index contributed by atoms with van der Waals surface area (Å²) in [5.74, 6) is -0.0142. The van der Waals surface area contributed by atoms with Gasteiger partial charge in [0.15, 0.2) is 17.7 Å². The van der Waals surface area contributed by atoms with E-state index in [-0.39, 0.29) is 5.82 Å². The molecule has 4 rings (SSSR count). The molecule has 1 atom stereocenters. The Morgan fingerprint density at radius 1 is 1.22 bits per heavy atom. The van der Waals surface area contributed by atoms with Gasteiger partial charge in [-0.25, -0.2) is 9.18 Å². The molecule has 32 heavy (non-hydrogen) atoms. The van der Waals surface area contributed by atoms with Crippen LogP contribution in [0.25, 0.3) is 11.1 Å². The lowest BCUT2D eigenvalue weighted by molar-refractivity contribution is -0.164. The van der Waals surface area contributed by atoms with Crippen LogP contribution in [0.15, 0.2) is 18.2 Å². The Morgan fingerprint density at radius 2 is 1.94 bits per heavy atom. The van der Waals surface area contributed by atoms with E-state index >= 15 is 4.39 Å². The van der Waals surface area contributed by atoms with Gasteiger partial charge in [-0.2, -0.15) is 0 Å². The first-order chi connectivity index (χ1) is 15.1. The van der Waals surface area contributed by atoms with Gasteiger partial charge < -0.3 is 14.2 Å². The normalized spacial score (nSPS) is 16.8. The first-order valence-corrected chi connectivity index (χ1v) is 11.5. The standard InChI is InChI=1S/C27H33FO4/c1-15-9-12-19(17-10-11-17)23(22(15)25(26(29)30-6)32-27(3,4)5)20-14-21(28)24-18(16(20)2)8-7-13-31-24/h9,12,14,17,25H,7-8,10-11,13H2,1-6H3. The molecule has 1 fully saturated rings. The van der Waals surface area contributed by atoms with E-state index in [2.05, 4.69) is 6.07 Å². The van der Waals surface area contributed by atoms with Gasteiger partial charge in [0.2, 0.25) is 0 Å². The third kappa shape index (κ3) is 4.27. The minimum Gasteiger partial charge on any atom is -0.490 e. The smallest absolute Gasteiger partial charge is 0.339 e. The molecule has 5 heteroatoms. The number of hydrogen-bond acceptors (Lipinski definition) is 4. The van der Waals surface area contributed by atoms with Crippen molar-refractivity contribution < 1.29 is 23.4 Å². The molecule has 0 spiro atoms. The van der Waals surface area contributed by atoms with Gasteiger partial charge >= 0.3 is 5.97 Å². The van der Waals surface area contributed by atoms with Crippen LogP contribution in [-0.4, -0.2) is 25.3 Å². The summed E-state index contributed by atoms with van der Waals surface area (Å²) in [6.45, 7) is 10.3. The molecule has 0 saturated heterocycles. The van der Waals surface area contributed by atoms with Gasteiger partial charge in [-0.1, -0.05) is 12.1 Å². The summed E-state index contributed by atoms with van der Waals surface area (Å²) in [4.78, 5) is 13.0. The highest BCUT2D eigenvalue weighted by molar-refractivity contribution is 5.85. The molecule has 1 unspecified atom stereocenters. The molecule has 1 aliphatic heterocycles. The van der Waals surface area contributed by atoms with E-state index < -0.39 is 17.7 Å². The molecule has 0 N–H and O–H groups in total. The van der Waals surface area contributed by atoms with Crippen LogP contribution in [0.5, 0.6) is 5.75 Å². The van der Waals surface area contributed by atoms with Crippen LogP contribution >= 0.6 is 0 Å². The molecular formula is C27H33FO4. The number of rotatable bonds is 5. The van der Waals surface area contributed by atoms with Crippen molar-refractivity contribution in [2.75, 3.05) is 13.7 Å². The van der Waals surface area contributed by atoms with Crippen LogP contribution in [0.2, 0.25) is 0 Å². The van der Waals surface area contributed by atoms with Crippen molar-refractivity contribution in [1.29, 1.82) is 0 Å². The van der Waals surface area contributed by atoms with Gasteiger partial charge in [-0.05, 0) is 100 Å². The number of benzene rings is 2. The van der Waals surface area contributed by atoms with E-state index in [0.29, 0.717) is 18.3 Å². The van der Waals surface area contributed by atoms with Gasteiger partial charge in [0.25, 0.3) is 0 Å². The van der Waals surface area contributed by atoms with Crippen LogP contribution in [0.3, 0.4) is 0 Å². The van der Waals surface area contributed by atoms with Crippen LogP contribution in [0, 0.1) is 19.7 Å². The summed E-state index contributed by atoms with van der Waals surface area (Å²) in [6.07, 6.45) is 2.93. The molecule has 1 saturated carbocycles. The van der Waals surface area contributed by atoms with Crippen LogP contribution in [0.4, 0.5) is 4.39 Å². The summed E-state index contributed by atoms with van der Waals surface area (Å²) >= 11 is 0. The number of carbonyl (C=O) groups is 1. The molecule has 0 radical (unpaired) electrons. The van der Waals surface area contributed by atoms with E-state index in [1.165, 1.54) is 7.11 Å². The van der Waals surface area contributed by atoms with Crippen molar-refractivity contribution in [3.8, 4) is 16.9 Å². The predicted octanol–water partition coefficient (Wildman–Crippen LogP) is 6.34. The molecule has 1 aliphatic carbocycles. The van der Waals surface area contributed by atoms with Gasteiger partial charge in [-0.15, -0.1) is 0 Å². The highest BCUT2D eigenvalue weighted by Crippen LogP contribution is 2.50. The Kier molecular flexibility index (Phi) is 6.06. The largest absolute Gasteiger partial charge is 0.490 e. The third-order valence-electron chi connectivity index (χ3n) is 6.37. The number of hydrogen-bond donors (Lipinski definition) is 0. The van der Waals surface area contributed by atoms with Gasteiger partial charge in [0.05, 0.1) is 19.3 Å². The number of carbonyl (C=O) groups excluding carboxylic acids is 1. The average molecular weight is 441 g/mol. The Hall–Kier alpha value is -2.40. The van der Waals surface area contributed by atoms with Crippen molar-refractivity contribution in [3.63, 3.8) is 0 Å². The fraction of sp³-hybridized carbons (Fsp3) is 0.519. The quantitative estimate of drug-likeness (QED) is 0.509. The maximum Gasteiger partial charge on any atom is 0.339 e. The number of esters is 1. The second kappa shape index (κ2) is 8.51. The van der Waals surface area contributed by atoms with Crippen LogP contribution < -0.4 is 4.74 Å². The lowest BCUT2D eigenvalue weighted by Crippen LogP contribution is -2.29. The number of aryl methyl sites for hydroxylation is 1. The van der Waals surface area contributed by atoms with Crippen molar-refractivity contribution in [3.05, 3.63) is 51.8 Å². The zero-order valence-corrected chi connectivity index (χ0v) is 19.9. The van der Waals surface area contributed by atoms with Gasteiger partial charge in [-0.3, -0.25) is 0 Å². The molecule has 2 aliphatic rings.